The summed E-state index contributed by atoms with van der Waals surface area (Å²) in [7, 11) is 4.43. The average molecular weight is 420 g/mol. The number of carbonyl (C=O) groups excluding carboxylic acids is 2. The van der Waals surface area contributed by atoms with Crippen LogP contribution in [-0.2, 0) is 4.79 Å². The van der Waals surface area contributed by atoms with Crippen molar-refractivity contribution in [2.45, 2.75) is 18.9 Å². The smallest absolute Gasteiger partial charge is 0.269 e. The van der Waals surface area contributed by atoms with Gasteiger partial charge in [0.1, 0.15) is 0 Å². The van der Waals surface area contributed by atoms with Crippen molar-refractivity contribution >= 4 is 23.2 Å². The molecule has 9 heteroatoms. The number of benzene rings is 1. The third-order valence-electron chi connectivity index (χ3n) is 4.82. The fourth-order valence-corrected chi connectivity index (χ4v) is 4.35. The fourth-order valence-electron chi connectivity index (χ4n) is 3.45. The number of amides is 2. The third kappa shape index (κ3) is 4.80. The van der Waals surface area contributed by atoms with Crippen molar-refractivity contribution in [3.63, 3.8) is 0 Å². The summed E-state index contributed by atoms with van der Waals surface area (Å²) >= 11 is 1.70. The number of nitrogens with one attached hydrogen (secondary N) is 2. The van der Waals surface area contributed by atoms with Gasteiger partial charge in [-0.15, -0.1) is 11.3 Å². The maximum Gasteiger partial charge on any atom is 0.269 e. The molecule has 29 heavy (non-hydrogen) atoms. The molecule has 0 spiro atoms. The second kappa shape index (κ2) is 9.62. The number of nitrogens with zero attached hydrogens (tertiary/aromatic N) is 1. The predicted octanol–water partition coefficient (Wildman–Crippen LogP) is 2.37. The lowest BCUT2D eigenvalue weighted by atomic mass is 10.1. The van der Waals surface area contributed by atoms with Gasteiger partial charge >= 0.3 is 0 Å². The van der Waals surface area contributed by atoms with Crippen molar-refractivity contribution < 1.29 is 23.8 Å². The van der Waals surface area contributed by atoms with Gasteiger partial charge in [0, 0.05) is 16.5 Å². The molecule has 2 N–H and O–H groups in total. The molecule has 2 heterocycles. The molecule has 0 radical (unpaired) electrons. The molecule has 0 aliphatic carbocycles. The molecule has 1 aliphatic rings. The van der Waals surface area contributed by atoms with E-state index < -0.39 is 5.91 Å². The number of hydrogen-bond acceptors (Lipinski definition) is 7. The molecule has 1 aromatic carbocycles. The molecule has 1 saturated heterocycles. The van der Waals surface area contributed by atoms with E-state index in [0.29, 0.717) is 17.2 Å². The number of hydrazine groups is 1. The van der Waals surface area contributed by atoms with Gasteiger partial charge in [-0.05, 0) is 43.0 Å². The van der Waals surface area contributed by atoms with E-state index in [1.807, 2.05) is 11.4 Å². The van der Waals surface area contributed by atoms with E-state index in [2.05, 4.69) is 21.8 Å². The number of ether oxygens (including phenoxy) is 3. The second-order valence-electron chi connectivity index (χ2n) is 6.56. The first kappa shape index (κ1) is 20.9. The number of hydrogen-bond donors (Lipinski definition) is 2. The highest BCUT2D eigenvalue weighted by molar-refractivity contribution is 7.10. The van der Waals surface area contributed by atoms with E-state index in [1.165, 1.54) is 38.3 Å². The molecule has 2 aromatic rings. The summed E-state index contributed by atoms with van der Waals surface area (Å²) in [4.78, 5) is 28.2. The first-order valence-corrected chi connectivity index (χ1v) is 10.1. The quantitative estimate of drug-likeness (QED) is 0.670. The lowest BCUT2D eigenvalue weighted by Gasteiger charge is -2.23. The minimum Gasteiger partial charge on any atom is -0.493 e. The highest BCUT2D eigenvalue weighted by Gasteiger charge is 2.28. The minimum atomic E-state index is -0.478. The Bertz CT molecular complexity index is 831. The van der Waals surface area contributed by atoms with Crippen molar-refractivity contribution in [1.29, 1.82) is 0 Å². The van der Waals surface area contributed by atoms with Crippen molar-refractivity contribution in [3.05, 3.63) is 40.1 Å². The Morgan fingerprint density at radius 1 is 1.14 bits per heavy atom. The predicted molar refractivity (Wildman–Crippen MR) is 110 cm³/mol. The van der Waals surface area contributed by atoms with Crippen molar-refractivity contribution in [3.8, 4) is 17.2 Å². The number of likely N-dealkylation sites (tertiary alicyclic amines) is 1. The van der Waals surface area contributed by atoms with Gasteiger partial charge < -0.3 is 14.2 Å². The Balaban J connectivity index is 1.59. The number of thiophene rings is 1. The average Bonchev–Trinajstić information content (AvgIpc) is 3.42. The highest BCUT2D eigenvalue weighted by Crippen LogP contribution is 2.38. The van der Waals surface area contributed by atoms with Crippen molar-refractivity contribution in [2.75, 3.05) is 34.4 Å². The van der Waals surface area contributed by atoms with Crippen LogP contribution in [0.5, 0.6) is 17.2 Å². The zero-order valence-electron chi connectivity index (χ0n) is 16.7. The van der Waals surface area contributed by atoms with Crippen LogP contribution in [0.25, 0.3) is 0 Å². The summed E-state index contributed by atoms with van der Waals surface area (Å²) < 4.78 is 15.8. The first-order valence-electron chi connectivity index (χ1n) is 9.24. The van der Waals surface area contributed by atoms with Crippen LogP contribution in [-0.4, -0.2) is 51.1 Å². The fraction of sp³-hybridized carbons (Fsp3) is 0.400. The SMILES string of the molecule is COc1cc(C(=O)NNC(=O)CN2CCC[C@@H]2c2cccs2)cc(OC)c1OC. The highest BCUT2D eigenvalue weighted by atomic mass is 32.1. The van der Waals surface area contributed by atoms with Crippen LogP contribution in [0.4, 0.5) is 0 Å². The number of methoxy groups -OCH3 is 3. The summed E-state index contributed by atoms with van der Waals surface area (Å²) in [6.07, 6.45) is 2.08. The summed E-state index contributed by atoms with van der Waals surface area (Å²) in [5.41, 5.74) is 5.21. The third-order valence-corrected chi connectivity index (χ3v) is 5.80. The molecule has 1 aromatic heterocycles. The van der Waals surface area contributed by atoms with Crippen LogP contribution in [0.1, 0.15) is 34.1 Å². The Morgan fingerprint density at radius 2 is 1.86 bits per heavy atom. The van der Waals surface area contributed by atoms with E-state index in [4.69, 9.17) is 14.2 Å². The zero-order chi connectivity index (χ0) is 20.8. The summed E-state index contributed by atoms with van der Waals surface area (Å²) in [5, 5.41) is 2.05. The number of rotatable bonds is 7. The molecular weight excluding hydrogens is 394 g/mol. The Kier molecular flexibility index (Phi) is 6.95. The molecule has 3 rings (SSSR count). The van der Waals surface area contributed by atoms with Crippen molar-refractivity contribution in [2.24, 2.45) is 0 Å². The van der Waals surface area contributed by atoms with Gasteiger partial charge in [0.15, 0.2) is 11.5 Å². The molecule has 0 saturated carbocycles. The topological polar surface area (TPSA) is 89.1 Å². The van der Waals surface area contributed by atoms with Gasteiger partial charge in [0.05, 0.1) is 27.9 Å². The van der Waals surface area contributed by atoms with Crippen LogP contribution in [0, 0.1) is 0 Å². The van der Waals surface area contributed by atoms with E-state index in [0.717, 1.165) is 19.4 Å². The summed E-state index contributed by atoms with van der Waals surface area (Å²) in [5.74, 6) is 0.366. The lowest BCUT2D eigenvalue weighted by Crippen LogP contribution is -2.46. The van der Waals surface area contributed by atoms with Gasteiger partial charge in [-0.25, -0.2) is 0 Å². The zero-order valence-corrected chi connectivity index (χ0v) is 17.5. The van der Waals surface area contributed by atoms with Crippen LogP contribution in [0.15, 0.2) is 29.6 Å². The molecule has 2 amide bonds. The first-order chi connectivity index (χ1) is 14.1. The van der Waals surface area contributed by atoms with Gasteiger partial charge in [-0.3, -0.25) is 25.3 Å². The monoisotopic (exact) mass is 419 g/mol. The van der Waals surface area contributed by atoms with Crippen LogP contribution in [0.2, 0.25) is 0 Å². The Hall–Kier alpha value is -2.78. The Labute approximate surface area is 173 Å². The largest absolute Gasteiger partial charge is 0.493 e. The standard InChI is InChI=1S/C20H25N3O5S/c1-26-15-10-13(11-16(27-2)19(15)28-3)20(25)22-21-18(24)12-23-8-4-6-14(23)17-7-5-9-29-17/h5,7,9-11,14H,4,6,8,12H2,1-3H3,(H,21,24)(H,22,25)/t14-/m1/s1. The Morgan fingerprint density at radius 3 is 2.45 bits per heavy atom. The number of carbonyl (C=O) groups is 2. The maximum absolute atomic E-state index is 12.5. The molecule has 8 nitrogen and oxygen atoms in total. The molecule has 0 unspecified atom stereocenters. The van der Waals surface area contributed by atoms with E-state index in [-0.39, 0.29) is 24.1 Å². The van der Waals surface area contributed by atoms with Crippen molar-refractivity contribution in [1.82, 2.24) is 15.8 Å². The lowest BCUT2D eigenvalue weighted by molar-refractivity contribution is -0.123. The van der Waals surface area contributed by atoms with Gasteiger partial charge in [0.2, 0.25) is 5.75 Å². The molecule has 156 valence electrons. The van der Waals surface area contributed by atoms with E-state index in [1.54, 1.807) is 11.3 Å². The van der Waals surface area contributed by atoms with Crippen LogP contribution >= 0.6 is 11.3 Å². The molecule has 1 atom stereocenters. The maximum atomic E-state index is 12.5. The summed E-state index contributed by atoms with van der Waals surface area (Å²) in [6.45, 7) is 1.08. The normalized spacial score (nSPS) is 16.3. The minimum absolute atomic E-state index is 0.220. The summed E-state index contributed by atoms with van der Waals surface area (Å²) in [6, 6.07) is 7.42. The second-order valence-corrected chi connectivity index (χ2v) is 7.54. The molecule has 1 fully saturated rings. The molecule has 0 bridgehead atoms. The van der Waals surface area contributed by atoms with Gasteiger partial charge in [0.25, 0.3) is 11.8 Å². The van der Waals surface area contributed by atoms with E-state index in [9.17, 15) is 9.59 Å². The van der Waals surface area contributed by atoms with Crippen LogP contribution in [0.3, 0.4) is 0 Å². The van der Waals surface area contributed by atoms with Gasteiger partial charge in [-0.2, -0.15) is 0 Å². The molecule has 1 aliphatic heterocycles. The van der Waals surface area contributed by atoms with E-state index >= 15 is 0 Å². The van der Waals surface area contributed by atoms with Gasteiger partial charge in [-0.1, -0.05) is 6.07 Å². The molecular formula is C20H25N3O5S. The van der Waals surface area contributed by atoms with Crippen LogP contribution < -0.4 is 25.1 Å².